The van der Waals surface area contributed by atoms with Crippen LogP contribution < -0.4 is 10.9 Å². The van der Waals surface area contributed by atoms with Crippen LogP contribution in [0.1, 0.15) is 17.1 Å². The van der Waals surface area contributed by atoms with Gasteiger partial charge in [-0.3, -0.25) is 29.7 Å². The minimum Gasteiger partial charge on any atom is -0.444 e. The van der Waals surface area contributed by atoms with Crippen LogP contribution in [0.5, 0.6) is 0 Å². The lowest BCUT2D eigenvalue weighted by molar-refractivity contribution is -0.117. The number of rotatable bonds is 5. The summed E-state index contributed by atoms with van der Waals surface area (Å²) in [6.07, 6.45) is 1.80. The highest BCUT2D eigenvalue weighted by Gasteiger charge is 2.22. The predicted molar refractivity (Wildman–Crippen MR) is 109 cm³/mol. The quantitative estimate of drug-likeness (QED) is 0.669. The average Bonchev–Trinajstić information content (AvgIpc) is 3.04. The Kier molecular flexibility index (Phi) is 5.41. The number of furan rings is 1. The van der Waals surface area contributed by atoms with Crippen LogP contribution in [0.4, 0.5) is 5.88 Å². The molecule has 1 saturated heterocycles. The number of nitrogens with one attached hydrogen (secondary N) is 2. The second-order valence-corrected chi connectivity index (χ2v) is 7.30. The van der Waals surface area contributed by atoms with Gasteiger partial charge in [-0.25, -0.2) is 5.10 Å². The zero-order valence-corrected chi connectivity index (χ0v) is 16.6. The van der Waals surface area contributed by atoms with Crippen LogP contribution in [0.25, 0.3) is 10.8 Å². The van der Waals surface area contributed by atoms with Crippen molar-refractivity contribution < 1.29 is 9.21 Å². The van der Waals surface area contributed by atoms with Gasteiger partial charge in [0.25, 0.3) is 5.56 Å². The summed E-state index contributed by atoms with van der Waals surface area (Å²) in [6, 6.07) is 5.93. The molecule has 152 valence electrons. The van der Waals surface area contributed by atoms with Crippen LogP contribution >= 0.6 is 0 Å². The third-order valence-corrected chi connectivity index (χ3v) is 5.20. The van der Waals surface area contributed by atoms with E-state index >= 15 is 0 Å². The molecule has 2 N–H and O–H groups in total. The number of hydrogen-bond donors (Lipinski definition) is 2. The van der Waals surface area contributed by atoms with Gasteiger partial charge in [0, 0.05) is 38.9 Å². The Bertz CT molecular complexity index is 1070. The first-order valence-electron chi connectivity index (χ1n) is 9.64. The van der Waals surface area contributed by atoms with Crippen molar-refractivity contribution in [3.8, 4) is 0 Å². The van der Waals surface area contributed by atoms with Gasteiger partial charge >= 0.3 is 0 Å². The Labute approximate surface area is 167 Å². The van der Waals surface area contributed by atoms with E-state index in [1.807, 2.05) is 18.2 Å². The number of pyridine rings is 1. The lowest BCUT2D eigenvalue weighted by Crippen LogP contribution is -2.48. The van der Waals surface area contributed by atoms with Crippen molar-refractivity contribution in [3.63, 3.8) is 0 Å². The molecule has 0 atom stereocenters. The Morgan fingerprint density at radius 1 is 1.17 bits per heavy atom. The fourth-order valence-corrected chi connectivity index (χ4v) is 3.73. The minimum atomic E-state index is -0.374. The van der Waals surface area contributed by atoms with E-state index in [-0.39, 0.29) is 23.9 Å². The van der Waals surface area contributed by atoms with Gasteiger partial charge < -0.3 is 4.42 Å². The van der Waals surface area contributed by atoms with E-state index in [0.29, 0.717) is 22.2 Å². The van der Waals surface area contributed by atoms with Gasteiger partial charge in [0.2, 0.25) is 11.8 Å². The molecule has 9 nitrogen and oxygen atoms in total. The summed E-state index contributed by atoms with van der Waals surface area (Å²) in [5, 5.41) is 10.1. The molecule has 0 unspecified atom stereocenters. The molecular weight excluding hydrogens is 372 g/mol. The molecule has 1 aliphatic heterocycles. The van der Waals surface area contributed by atoms with Gasteiger partial charge in [0.05, 0.1) is 23.3 Å². The normalized spacial score (nSPS) is 15.7. The molecule has 0 saturated carbocycles. The van der Waals surface area contributed by atoms with Crippen molar-refractivity contribution >= 4 is 22.6 Å². The number of hydrogen-bond acceptors (Lipinski definition) is 7. The first-order chi connectivity index (χ1) is 14.0. The van der Waals surface area contributed by atoms with Crippen LogP contribution in [0.2, 0.25) is 0 Å². The minimum absolute atomic E-state index is 0.183. The molecule has 1 aliphatic rings. The van der Waals surface area contributed by atoms with E-state index in [2.05, 4.69) is 30.3 Å². The zero-order valence-electron chi connectivity index (χ0n) is 16.6. The van der Waals surface area contributed by atoms with Crippen LogP contribution in [-0.2, 0) is 11.3 Å². The largest absolute Gasteiger partial charge is 0.444 e. The Balaban J connectivity index is 1.35. The maximum Gasteiger partial charge on any atom is 0.277 e. The Morgan fingerprint density at radius 2 is 1.93 bits per heavy atom. The van der Waals surface area contributed by atoms with Crippen LogP contribution in [0.15, 0.2) is 33.6 Å². The van der Waals surface area contributed by atoms with Gasteiger partial charge in [-0.2, -0.15) is 5.10 Å². The maximum atomic E-state index is 12.5. The standard InChI is InChI=1S/C20H24N6O3/c1-13-17-14(2)29-20(18(17)19(28)24-23-13)22-16(27)12-26-9-7-25(8-10-26)11-15-5-3-4-6-21-15/h3-6H,7-12H2,1-2H3,(H,22,27)(H,24,28). The number of nitrogens with zero attached hydrogens (tertiary/aromatic N) is 4. The highest BCUT2D eigenvalue weighted by atomic mass is 16.4. The van der Waals surface area contributed by atoms with E-state index in [9.17, 15) is 9.59 Å². The van der Waals surface area contributed by atoms with Crippen molar-refractivity contribution in [2.75, 3.05) is 38.0 Å². The number of amides is 1. The Hall–Kier alpha value is -3.04. The summed E-state index contributed by atoms with van der Waals surface area (Å²) in [4.78, 5) is 33.5. The molecule has 3 aromatic rings. The molecule has 0 spiro atoms. The number of aromatic amines is 1. The number of fused-ring (bicyclic) bond motifs is 1. The summed E-state index contributed by atoms with van der Waals surface area (Å²) < 4.78 is 5.64. The molecule has 3 aromatic heterocycles. The topological polar surface area (TPSA) is 107 Å². The van der Waals surface area contributed by atoms with Crippen LogP contribution in [0, 0.1) is 13.8 Å². The van der Waals surface area contributed by atoms with Gasteiger partial charge in [-0.05, 0) is 26.0 Å². The molecule has 29 heavy (non-hydrogen) atoms. The molecule has 0 aromatic carbocycles. The van der Waals surface area contributed by atoms with Crippen molar-refractivity contribution in [3.05, 3.63) is 51.9 Å². The lowest BCUT2D eigenvalue weighted by Gasteiger charge is -2.33. The fraction of sp³-hybridized carbons (Fsp3) is 0.400. The van der Waals surface area contributed by atoms with Crippen molar-refractivity contribution in [1.82, 2.24) is 25.0 Å². The van der Waals surface area contributed by atoms with Crippen molar-refractivity contribution in [1.29, 1.82) is 0 Å². The van der Waals surface area contributed by atoms with Gasteiger partial charge in [-0.1, -0.05) is 6.07 Å². The number of piperazine rings is 1. The summed E-state index contributed by atoms with van der Waals surface area (Å²) in [5.74, 6) is 0.547. The molecule has 4 heterocycles. The van der Waals surface area contributed by atoms with E-state index in [1.54, 1.807) is 20.0 Å². The third kappa shape index (κ3) is 4.20. The number of aromatic nitrogens is 3. The van der Waals surface area contributed by atoms with Gasteiger partial charge in [-0.15, -0.1) is 0 Å². The van der Waals surface area contributed by atoms with Crippen LogP contribution in [-0.4, -0.2) is 63.6 Å². The van der Waals surface area contributed by atoms with Crippen LogP contribution in [0.3, 0.4) is 0 Å². The summed E-state index contributed by atoms with van der Waals surface area (Å²) in [7, 11) is 0. The van der Waals surface area contributed by atoms with E-state index in [1.165, 1.54) is 0 Å². The van der Waals surface area contributed by atoms with E-state index in [0.717, 1.165) is 38.4 Å². The number of aryl methyl sites for hydroxylation is 2. The average molecular weight is 396 g/mol. The molecule has 0 aliphatic carbocycles. The molecule has 0 radical (unpaired) electrons. The molecular formula is C20H24N6O3. The number of H-pyrrole nitrogens is 1. The van der Waals surface area contributed by atoms with E-state index < -0.39 is 0 Å². The van der Waals surface area contributed by atoms with Crippen molar-refractivity contribution in [2.45, 2.75) is 20.4 Å². The number of carbonyl (C=O) groups excluding carboxylic acids is 1. The second-order valence-electron chi connectivity index (χ2n) is 7.30. The Morgan fingerprint density at radius 3 is 2.66 bits per heavy atom. The van der Waals surface area contributed by atoms with E-state index in [4.69, 9.17) is 4.42 Å². The number of carbonyl (C=O) groups is 1. The van der Waals surface area contributed by atoms with Gasteiger partial charge in [0.15, 0.2) is 0 Å². The first kappa shape index (κ1) is 19.3. The zero-order chi connectivity index (χ0) is 20.4. The van der Waals surface area contributed by atoms with Gasteiger partial charge in [0.1, 0.15) is 11.1 Å². The lowest BCUT2D eigenvalue weighted by atomic mass is 10.2. The van der Waals surface area contributed by atoms with Crippen molar-refractivity contribution in [2.24, 2.45) is 0 Å². The fourth-order valence-electron chi connectivity index (χ4n) is 3.73. The highest BCUT2D eigenvalue weighted by molar-refractivity contribution is 6.01. The predicted octanol–water partition coefficient (Wildman–Crippen LogP) is 1.28. The molecule has 1 fully saturated rings. The SMILES string of the molecule is Cc1n[nH]c(=O)c2c(NC(=O)CN3CCN(Cc4ccccn4)CC3)oc(C)c12. The maximum absolute atomic E-state index is 12.5. The molecule has 4 rings (SSSR count). The first-order valence-corrected chi connectivity index (χ1v) is 9.64. The summed E-state index contributed by atoms with van der Waals surface area (Å²) in [6.45, 7) is 7.94. The highest BCUT2D eigenvalue weighted by Crippen LogP contribution is 2.28. The molecule has 1 amide bonds. The molecule has 0 bridgehead atoms. The monoisotopic (exact) mass is 396 g/mol. The third-order valence-electron chi connectivity index (χ3n) is 5.20. The smallest absolute Gasteiger partial charge is 0.277 e. The number of anilines is 1. The summed E-state index contributed by atoms with van der Waals surface area (Å²) in [5.41, 5.74) is 1.33. The molecule has 9 heteroatoms. The summed E-state index contributed by atoms with van der Waals surface area (Å²) >= 11 is 0. The second kappa shape index (κ2) is 8.14.